The van der Waals surface area contributed by atoms with Crippen molar-refractivity contribution < 1.29 is 18.0 Å². The van der Waals surface area contributed by atoms with Crippen LogP contribution in [0.1, 0.15) is 19.4 Å². The summed E-state index contributed by atoms with van der Waals surface area (Å²) in [6.45, 7) is 3.64. The van der Waals surface area contributed by atoms with Crippen molar-refractivity contribution in [1.82, 2.24) is 4.90 Å². The predicted octanol–water partition coefficient (Wildman–Crippen LogP) is 0.833. The molecule has 0 spiro atoms. The van der Waals surface area contributed by atoms with Gasteiger partial charge >= 0.3 is 0 Å². The molecule has 7 heteroatoms. The van der Waals surface area contributed by atoms with Crippen LogP contribution in [-0.2, 0) is 25.8 Å². The highest BCUT2D eigenvalue weighted by atomic mass is 32.2. The molecule has 1 aliphatic rings. The number of hydrogen-bond donors (Lipinski definition) is 1. The number of amides is 2. The smallest absolute Gasteiger partial charge is 0.227 e. The molecule has 0 radical (unpaired) electrons. The van der Waals surface area contributed by atoms with E-state index in [-0.39, 0.29) is 24.0 Å². The quantitative estimate of drug-likeness (QED) is 0.870. The van der Waals surface area contributed by atoms with Gasteiger partial charge in [-0.2, -0.15) is 0 Å². The molecule has 1 saturated heterocycles. The first-order chi connectivity index (χ1) is 10.3. The molecule has 2 rings (SSSR count). The zero-order valence-corrected chi connectivity index (χ0v) is 13.5. The van der Waals surface area contributed by atoms with E-state index in [0.717, 1.165) is 5.56 Å². The van der Waals surface area contributed by atoms with Crippen LogP contribution < -0.4 is 5.32 Å². The van der Waals surface area contributed by atoms with E-state index in [9.17, 15) is 18.0 Å². The highest BCUT2D eigenvalue weighted by molar-refractivity contribution is 7.92. The molecular formula is C15H20N2O4S. The first kappa shape index (κ1) is 16.5. The van der Waals surface area contributed by atoms with E-state index in [1.54, 1.807) is 36.1 Å². The van der Waals surface area contributed by atoms with Crippen LogP contribution in [0.25, 0.3) is 0 Å². The lowest BCUT2D eigenvalue weighted by Gasteiger charge is -2.38. The van der Waals surface area contributed by atoms with Crippen LogP contribution in [0.5, 0.6) is 0 Å². The fourth-order valence-electron chi connectivity index (χ4n) is 2.30. The molecule has 1 fully saturated rings. The fourth-order valence-corrected chi connectivity index (χ4v) is 3.59. The number of nitrogens with zero attached hydrogens (tertiary/aromatic N) is 1. The van der Waals surface area contributed by atoms with Crippen molar-refractivity contribution in [1.29, 1.82) is 0 Å². The summed E-state index contributed by atoms with van der Waals surface area (Å²) in [6.07, 6.45) is 0.235. The first-order valence-corrected chi connectivity index (χ1v) is 8.89. The number of benzene rings is 1. The van der Waals surface area contributed by atoms with Crippen molar-refractivity contribution in [2.45, 2.75) is 25.5 Å². The van der Waals surface area contributed by atoms with Gasteiger partial charge < -0.3 is 10.2 Å². The van der Waals surface area contributed by atoms with E-state index in [1.165, 1.54) is 6.92 Å². The molecule has 0 unspecified atom stereocenters. The third kappa shape index (κ3) is 3.85. The van der Waals surface area contributed by atoms with Gasteiger partial charge in [-0.05, 0) is 17.7 Å². The molecule has 1 aliphatic heterocycles. The Kier molecular flexibility index (Phi) is 4.85. The summed E-state index contributed by atoms with van der Waals surface area (Å²) in [5.74, 6) is -0.105. The van der Waals surface area contributed by atoms with Crippen LogP contribution in [0.2, 0.25) is 0 Å². The van der Waals surface area contributed by atoms with Crippen LogP contribution in [0.4, 0.5) is 5.69 Å². The number of hydrogen-bond acceptors (Lipinski definition) is 4. The molecule has 0 atom stereocenters. The van der Waals surface area contributed by atoms with Crippen LogP contribution in [0.15, 0.2) is 24.3 Å². The molecule has 120 valence electrons. The Bertz CT molecular complexity index is 661. The van der Waals surface area contributed by atoms with Gasteiger partial charge in [0.25, 0.3) is 0 Å². The molecule has 1 aromatic rings. The SMILES string of the molecule is CCS(=O)(=O)C1CN(C(=O)Cc2ccc(NC(C)=O)cc2)C1. The number of nitrogens with one attached hydrogen (secondary N) is 1. The van der Waals surface area contributed by atoms with Gasteiger partial charge in [0, 0.05) is 31.5 Å². The lowest BCUT2D eigenvalue weighted by molar-refractivity contribution is -0.133. The Balaban J connectivity index is 1.87. The maximum Gasteiger partial charge on any atom is 0.227 e. The number of carbonyl (C=O) groups excluding carboxylic acids is 2. The van der Waals surface area contributed by atoms with Crippen molar-refractivity contribution in [3.8, 4) is 0 Å². The van der Waals surface area contributed by atoms with Gasteiger partial charge in [-0.15, -0.1) is 0 Å². The molecule has 0 aliphatic carbocycles. The minimum absolute atomic E-state index is 0.0742. The maximum atomic E-state index is 12.1. The van der Waals surface area contributed by atoms with Crippen molar-refractivity contribution in [2.24, 2.45) is 0 Å². The third-order valence-electron chi connectivity index (χ3n) is 3.74. The molecule has 0 aromatic heterocycles. The second kappa shape index (κ2) is 6.48. The average molecular weight is 324 g/mol. The number of carbonyl (C=O) groups is 2. The molecule has 22 heavy (non-hydrogen) atoms. The summed E-state index contributed by atoms with van der Waals surface area (Å²) in [7, 11) is -3.05. The third-order valence-corrected chi connectivity index (χ3v) is 5.86. The molecule has 6 nitrogen and oxygen atoms in total. The van der Waals surface area contributed by atoms with Gasteiger partial charge in [0.1, 0.15) is 0 Å². The highest BCUT2D eigenvalue weighted by Gasteiger charge is 2.38. The average Bonchev–Trinajstić information content (AvgIpc) is 2.38. The van der Waals surface area contributed by atoms with E-state index < -0.39 is 15.1 Å². The summed E-state index contributed by atoms with van der Waals surface area (Å²) < 4.78 is 23.3. The minimum atomic E-state index is -3.05. The Hall–Kier alpha value is -1.89. The summed E-state index contributed by atoms with van der Waals surface area (Å²) in [4.78, 5) is 24.6. The zero-order chi connectivity index (χ0) is 16.3. The van der Waals surface area contributed by atoms with Crippen molar-refractivity contribution in [3.05, 3.63) is 29.8 Å². The molecule has 0 saturated carbocycles. The Labute approximate surface area is 130 Å². The molecule has 1 aromatic carbocycles. The molecule has 1 N–H and O–H groups in total. The van der Waals surface area contributed by atoms with Crippen LogP contribution >= 0.6 is 0 Å². The first-order valence-electron chi connectivity index (χ1n) is 7.17. The van der Waals surface area contributed by atoms with Crippen LogP contribution in [0.3, 0.4) is 0 Å². The van der Waals surface area contributed by atoms with E-state index in [0.29, 0.717) is 18.8 Å². The summed E-state index contributed by atoms with van der Waals surface area (Å²) >= 11 is 0. The topological polar surface area (TPSA) is 83.6 Å². The van der Waals surface area contributed by atoms with E-state index in [1.807, 2.05) is 0 Å². The highest BCUT2D eigenvalue weighted by Crippen LogP contribution is 2.19. The molecule has 0 bridgehead atoms. The molecular weight excluding hydrogens is 304 g/mol. The van der Waals surface area contributed by atoms with Crippen molar-refractivity contribution in [3.63, 3.8) is 0 Å². The van der Waals surface area contributed by atoms with Crippen molar-refractivity contribution in [2.75, 3.05) is 24.2 Å². The molecule has 2 amide bonds. The van der Waals surface area contributed by atoms with Gasteiger partial charge in [0.15, 0.2) is 9.84 Å². The number of sulfone groups is 1. The second-order valence-corrected chi connectivity index (χ2v) is 8.00. The predicted molar refractivity (Wildman–Crippen MR) is 84.3 cm³/mol. The van der Waals surface area contributed by atoms with Crippen molar-refractivity contribution >= 4 is 27.3 Å². The summed E-state index contributed by atoms with van der Waals surface area (Å²) in [5.41, 5.74) is 1.52. The Morgan fingerprint density at radius 1 is 1.23 bits per heavy atom. The number of rotatable bonds is 5. The lowest BCUT2D eigenvalue weighted by Crippen LogP contribution is -2.57. The van der Waals surface area contributed by atoms with Crippen LogP contribution in [0, 0.1) is 0 Å². The summed E-state index contributed by atoms with van der Waals surface area (Å²) in [5, 5.41) is 2.24. The van der Waals surface area contributed by atoms with Gasteiger partial charge in [0.2, 0.25) is 11.8 Å². The Morgan fingerprint density at radius 3 is 2.32 bits per heavy atom. The standard InChI is InChI=1S/C15H20N2O4S/c1-3-22(20,21)14-9-17(10-14)15(19)8-12-4-6-13(7-5-12)16-11(2)18/h4-7,14H,3,8-10H2,1-2H3,(H,16,18). The van der Waals surface area contributed by atoms with E-state index in [2.05, 4.69) is 5.32 Å². The van der Waals surface area contributed by atoms with Crippen LogP contribution in [-0.4, -0.2) is 49.2 Å². The number of likely N-dealkylation sites (tertiary alicyclic amines) is 1. The molecule has 1 heterocycles. The monoisotopic (exact) mass is 324 g/mol. The maximum absolute atomic E-state index is 12.1. The fraction of sp³-hybridized carbons (Fsp3) is 0.467. The van der Waals surface area contributed by atoms with E-state index in [4.69, 9.17) is 0 Å². The Morgan fingerprint density at radius 2 is 1.82 bits per heavy atom. The van der Waals surface area contributed by atoms with Gasteiger partial charge in [-0.1, -0.05) is 19.1 Å². The lowest BCUT2D eigenvalue weighted by atomic mass is 10.1. The largest absolute Gasteiger partial charge is 0.340 e. The number of anilines is 1. The van der Waals surface area contributed by atoms with Gasteiger partial charge in [-0.25, -0.2) is 8.42 Å². The van der Waals surface area contributed by atoms with E-state index >= 15 is 0 Å². The zero-order valence-electron chi connectivity index (χ0n) is 12.7. The van der Waals surface area contributed by atoms with Gasteiger partial charge in [0.05, 0.1) is 11.7 Å². The summed E-state index contributed by atoms with van der Waals surface area (Å²) in [6, 6.07) is 7.04. The minimum Gasteiger partial charge on any atom is -0.340 e. The normalized spacial score (nSPS) is 15.3. The van der Waals surface area contributed by atoms with Gasteiger partial charge in [-0.3, -0.25) is 9.59 Å². The second-order valence-electron chi connectivity index (χ2n) is 5.43.